The molecule has 7 nitrogen and oxygen atoms in total. The number of hydrogen-bond donors (Lipinski definition) is 1. The average molecular weight is 544 g/mol. The molecule has 0 radical (unpaired) electrons. The number of benzene rings is 1. The number of amides is 2. The van der Waals surface area contributed by atoms with Crippen LogP contribution in [0.1, 0.15) is 42.9 Å². The molecule has 2 saturated heterocycles. The zero-order valence-electron chi connectivity index (χ0n) is 19.8. The maximum atomic E-state index is 13.2. The molecule has 0 bridgehead atoms. The van der Waals surface area contributed by atoms with Gasteiger partial charge in [-0.2, -0.15) is 0 Å². The molecule has 1 N–H and O–H groups in total. The number of hydrogen-bond acceptors (Lipinski definition) is 5. The number of piperidine rings is 1. The molecular weight excluding hydrogens is 511 g/mol. The van der Waals surface area contributed by atoms with Crippen molar-refractivity contribution in [3.05, 3.63) is 64.9 Å². The van der Waals surface area contributed by atoms with E-state index in [1.54, 1.807) is 6.20 Å². The standard InChI is InChI=1S/C25H31ClN4O3.2ClH/c1-33-24(32)28-22(20-6-2-3-7-21(20)26)8-13-29-14-9-25(10-15-29)11-16-30(23(25)31)18-19-5-4-12-27-17-19;;/h2-7,12,17,22H,8-11,13-16,18H2,1H3,(H,28,32);2*1H. The van der Waals surface area contributed by atoms with Crippen molar-refractivity contribution in [3.63, 3.8) is 0 Å². The lowest BCUT2D eigenvalue weighted by Gasteiger charge is -2.38. The van der Waals surface area contributed by atoms with Gasteiger partial charge in [0, 0.05) is 37.1 Å². The molecule has 1 aromatic heterocycles. The lowest BCUT2D eigenvalue weighted by molar-refractivity contribution is -0.138. The number of likely N-dealkylation sites (tertiary alicyclic amines) is 2. The molecule has 4 rings (SSSR count). The number of pyridine rings is 1. The van der Waals surface area contributed by atoms with Gasteiger partial charge >= 0.3 is 6.09 Å². The summed E-state index contributed by atoms with van der Waals surface area (Å²) in [5, 5.41) is 3.54. The predicted octanol–water partition coefficient (Wildman–Crippen LogP) is 4.88. The van der Waals surface area contributed by atoms with Crippen molar-refractivity contribution in [2.45, 2.75) is 38.3 Å². The summed E-state index contributed by atoms with van der Waals surface area (Å²) in [6.45, 7) is 4.01. The maximum absolute atomic E-state index is 13.2. The van der Waals surface area contributed by atoms with Gasteiger partial charge in [-0.1, -0.05) is 35.9 Å². The number of carbonyl (C=O) groups excluding carboxylic acids is 2. The van der Waals surface area contributed by atoms with Gasteiger partial charge in [-0.3, -0.25) is 9.78 Å². The Kier molecular flexibility index (Phi) is 11.1. The Balaban J connectivity index is 0.00000216. The molecule has 1 atom stereocenters. The first-order valence-electron chi connectivity index (χ1n) is 11.5. The van der Waals surface area contributed by atoms with E-state index in [2.05, 4.69) is 15.2 Å². The second-order valence-corrected chi connectivity index (χ2v) is 9.37. The Morgan fingerprint density at radius 2 is 1.86 bits per heavy atom. The number of aromatic nitrogens is 1. The molecule has 2 aromatic rings. The maximum Gasteiger partial charge on any atom is 0.407 e. The van der Waals surface area contributed by atoms with Gasteiger partial charge in [-0.15, -0.1) is 24.8 Å². The third kappa shape index (κ3) is 7.00. The van der Waals surface area contributed by atoms with Gasteiger partial charge in [0.2, 0.25) is 5.91 Å². The third-order valence-corrected chi connectivity index (χ3v) is 7.35. The highest BCUT2D eigenvalue weighted by Crippen LogP contribution is 2.42. The van der Waals surface area contributed by atoms with E-state index in [0.29, 0.717) is 18.0 Å². The molecule has 3 heterocycles. The van der Waals surface area contributed by atoms with Gasteiger partial charge in [0.05, 0.1) is 18.6 Å². The van der Waals surface area contributed by atoms with Gasteiger partial charge in [-0.05, 0) is 62.0 Å². The van der Waals surface area contributed by atoms with E-state index in [0.717, 1.165) is 56.6 Å². The van der Waals surface area contributed by atoms with Crippen molar-refractivity contribution in [3.8, 4) is 0 Å². The van der Waals surface area contributed by atoms with Gasteiger partial charge in [0.25, 0.3) is 0 Å². The molecule has 1 spiro atoms. The Bertz CT molecular complexity index is 971. The molecule has 1 aromatic carbocycles. The molecule has 1 unspecified atom stereocenters. The Morgan fingerprint density at radius 3 is 2.51 bits per heavy atom. The molecule has 2 amide bonds. The normalized spacial score (nSPS) is 17.9. The molecule has 35 heavy (non-hydrogen) atoms. The van der Waals surface area contributed by atoms with Gasteiger partial charge in [0.15, 0.2) is 0 Å². The van der Waals surface area contributed by atoms with Crippen LogP contribution in [-0.4, -0.2) is 60.1 Å². The number of halogens is 3. The molecule has 2 aliphatic rings. The fourth-order valence-electron chi connectivity index (χ4n) is 5.00. The first kappa shape index (κ1) is 29.2. The topological polar surface area (TPSA) is 74.8 Å². The van der Waals surface area contributed by atoms with E-state index in [4.69, 9.17) is 16.3 Å². The van der Waals surface area contributed by atoms with Crippen LogP contribution in [0.15, 0.2) is 48.8 Å². The van der Waals surface area contributed by atoms with Gasteiger partial charge < -0.3 is 19.9 Å². The van der Waals surface area contributed by atoms with Crippen LogP contribution in [0.25, 0.3) is 0 Å². The zero-order chi connectivity index (χ0) is 23.3. The van der Waals surface area contributed by atoms with Crippen LogP contribution >= 0.6 is 36.4 Å². The van der Waals surface area contributed by atoms with Crippen molar-refractivity contribution >= 4 is 48.4 Å². The van der Waals surface area contributed by atoms with Crippen molar-refractivity contribution in [2.75, 3.05) is 33.3 Å². The summed E-state index contributed by atoms with van der Waals surface area (Å²) in [4.78, 5) is 33.7. The highest BCUT2D eigenvalue weighted by Gasteiger charge is 2.47. The summed E-state index contributed by atoms with van der Waals surface area (Å²) < 4.78 is 4.81. The fraction of sp³-hybridized carbons (Fsp3) is 0.480. The molecular formula is C25H33Cl3N4O3. The highest BCUT2D eigenvalue weighted by molar-refractivity contribution is 6.31. The summed E-state index contributed by atoms with van der Waals surface area (Å²) in [5.74, 6) is 0.285. The second kappa shape index (κ2) is 13.3. The number of ether oxygens (including phenoxy) is 1. The van der Waals surface area contributed by atoms with Gasteiger partial charge in [0.1, 0.15) is 0 Å². The van der Waals surface area contributed by atoms with Crippen LogP contribution in [0.5, 0.6) is 0 Å². The minimum Gasteiger partial charge on any atom is -0.453 e. The Hall–Kier alpha value is -2.06. The number of nitrogens with zero attached hydrogens (tertiary/aromatic N) is 3. The van der Waals surface area contributed by atoms with Gasteiger partial charge in [-0.25, -0.2) is 4.79 Å². The van der Waals surface area contributed by atoms with E-state index in [1.807, 2.05) is 47.5 Å². The summed E-state index contributed by atoms with van der Waals surface area (Å²) in [6, 6.07) is 11.3. The Labute approximate surface area is 224 Å². The molecule has 2 fully saturated rings. The van der Waals surface area contributed by atoms with Crippen molar-refractivity contribution in [1.29, 1.82) is 0 Å². The van der Waals surface area contributed by atoms with Crippen LogP contribution in [0.4, 0.5) is 4.79 Å². The van der Waals surface area contributed by atoms with Crippen LogP contribution in [0.3, 0.4) is 0 Å². The smallest absolute Gasteiger partial charge is 0.407 e. The molecule has 0 aliphatic carbocycles. The predicted molar refractivity (Wildman–Crippen MR) is 141 cm³/mol. The van der Waals surface area contributed by atoms with Crippen LogP contribution in [-0.2, 0) is 16.1 Å². The fourth-order valence-corrected chi connectivity index (χ4v) is 5.27. The van der Waals surface area contributed by atoms with Crippen molar-refractivity contribution in [2.24, 2.45) is 5.41 Å². The number of methoxy groups -OCH3 is 1. The van der Waals surface area contributed by atoms with Crippen LogP contribution < -0.4 is 5.32 Å². The first-order valence-corrected chi connectivity index (χ1v) is 11.9. The van der Waals surface area contributed by atoms with Crippen LogP contribution in [0.2, 0.25) is 5.02 Å². The summed E-state index contributed by atoms with van der Waals surface area (Å²) in [7, 11) is 1.36. The largest absolute Gasteiger partial charge is 0.453 e. The van der Waals surface area contributed by atoms with E-state index < -0.39 is 6.09 Å². The molecule has 10 heteroatoms. The van der Waals surface area contributed by atoms with E-state index in [1.165, 1.54) is 7.11 Å². The average Bonchev–Trinajstić information content (AvgIpc) is 3.13. The zero-order valence-corrected chi connectivity index (χ0v) is 22.2. The molecule has 0 saturated carbocycles. The minimum absolute atomic E-state index is 0. The number of alkyl carbamates (subject to hydrolysis) is 1. The monoisotopic (exact) mass is 542 g/mol. The van der Waals surface area contributed by atoms with Crippen molar-refractivity contribution in [1.82, 2.24) is 20.1 Å². The Morgan fingerprint density at radius 1 is 1.14 bits per heavy atom. The SMILES string of the molecule is COC(=O)NC(CCN1CCC2(CC1)CCN(Cc1cccnc1)C2=O)c1ccccc1Cl.Cl.Cl. The lowest BCUT2D eigenvalue weighted by atomic mass is 9.77. The number of rotatable bonds is 7. The first-order chi connectivity index (χ1) is 16.0. The molecule has 2 aliphatic heterocycles. The van der Waals surface area contributed by atoms with Crippen LogP contribution in [0, 0.1) is 5.41 Å². The second-order valence-electron chi connectivity index (χ2n) is 8.96. The number of carbonyl (C=O) groups is 2. The number of nitrogens with one attached hydrogen (secondary N) is 1. The lowest BCUT2D eigenvalue weighted by Crippen LogP contribution is -2.45. The highest BCUT2D eigenvalue weighted by atomic mass is 35.5. The summed E-state index contributed by atoms with van der Waals surface area (Å²) in [6.07, 6.45) is 6.50. The summed E-state index contributed by atoms with van der Waals surface area (Å²) >= 11 is 6.39. The van der Waals surface area contributed by atoms with Crippen molar-refractivity contribution < 1.29 is 14.3 Å². The minimum atomic E-state index is -0.470. The van der Waals surface area contributed by atoms with E-state index in [9.17, 15) is 9.59 Å². The third-order valence-electron chi connectivity index (χ3n) is 7.00. The summed E-state index contributed by atoms with van der Waals surface area (Å²) in [5.41, 5.74) is 1.73. The quantitative estimate of drug-likeness (QED) is 0.539. The van der Waals surface area contributed by atoms with E-state index in [-0.39, 0.29) is 42.2 Å². The molecule has 192 valence electrons. The van der Waals surface area contributed by atoms with E-state index >= 15 is 0 Å².